The summed E-state index contributed by atoms with van der Waals surface area (Å²) in [7, 11) is 4.31. The van der Waals surface area contributed by atoms with Gasteiger partial charge in [0.1, 0.15) is 0 Å². The monoisotopic (exact) mass is 314 g/mol. The Kier molecular flexibility index (Phi) is 5.99. The second-order valence-corrected chi connectivity index (χ2v) is 8.66. The molecule has 0 amide bonds. The highest BCUT2D eigenvalue weighted by Crippen LogP contribution is 2.45. The zero-order valence-electron chi connectivity index (χ0n) is 14.4. The zero-order valence-corrected chi connectivity index (χ0v) is 15.2. The maximum Gasteiger partial charge on any atom is 0.0474 e. The number of nitrogens with zero attached hydrogens (tertiary/aromatic N) is 3. The van der Waals surface area contributed by atoms with Gasteiger partial charge in [-0.15, -0.1) is 0 Å². The van der Waals surface area contributed by atoms with Gasteiger partial charge in [-0.05, 0) is 31.7 Å². The molecular weight excluding hydrogens is 280 g/mol. The van der Waals surface area contributed by atoms with Crippen LogP contribution in [0.1, 0.15) is 20.3 Å². The van der Waals surface area contributed by atoms with Crippen molar-refractivity contribution in [3.05, 3.63) is 0 Å². The van der Waals surface area contributed by atoms with Crippen LogP contribution in [-0.2, 0) is 0 Å². The second-order valence-electron chi connectivity index (χ2n) is 7.55. The van der Waals surface area contributed by atoms with Crippen LogP contribution in [0, 0.1) is 5.41 Å². The lowest BCUT2D eigenvalue weighted by Crippen LogP contribution is -2.69. The maximum atomic E-state index is 6.30. The largest absolute Gasteiger partial charge is 0.329 e. The van der Waals surface area contributed by atoms with E-state index in [9.17, 15) is 0 Å². The maximum absolute atomic E-state index is 6.30. The molecular formula is C16H34N4S. The van der Waals surface area contributed by atoms with E-state index < -0.39 is 0 Å². The third-order valence-corrected chi connectivity index (χ3v) is 6.83. The van der Waals surface area contributed by atoms with E-state index in [1.165, 1.54) is 50.7 Å². The number of nitrogens with two attached hydrogens (primary N) is 1. The Balaban J connectivity index is 1.96. The first kappa shape index (κ1) is 17.5. The van der Waals surface area contributed by atoms with E-state index in [-0.39, 0.29) is 5.54 Å². The Morgan fingerprint density at radius 1 is 1.14 bits per heavy atom. The molecule has 5 heteroatoms. The van der Waals surface area contributed by atoms with Crippen molar-refractivity contribution in [1.29, 1.82) is 0 Å². The lowest BCUT2D eigenvalue weighted by molar-refractivity contribution is -0.0283. The first-order valence-electron chi connectivity index (χ1n) is 8.31. The predicted molar refractivity (Wildman–Crippen MR) is 94.1 cm³/mol. The summed E-state index contributed by atoms with van der Waals surface area (Å²) in [6.07, 6.45) is 1.29. The molecule has 124 valence electrons. The van der Waals surface area contributed by atoms with Gasteiger partial charge in [0.25, 0.3) is 0 Å². The van der Waals surface area contributed by atoms with Crippen molar-refractivity contribution in [2.24, 2.45) is 11.1 Å². The SMILES string of the molecule is CN(C)CCN1CCN(C2(CN)CSCCC2(C)C)CC1. The molecule has 0 aromatic rings. The molecule has 21 heavy (non-hydrogen) atoms. The van der Waals surface area contributed by atoms with E-state index in [1.807, 2.05) is 0 Å². The Hall–Kier alpha value is 0.190. The highest BCUT2D eigenvalue weighted by molar-refractivity contribution is 7.99. The molecule has 2 fully saturated rings. The molecule has 2 saturated heterocycles. The normalized spacial score (nSPS) is 31.7. The van der Waals surface area contributed by atoms with Gasteiger partial charge in [-0.25, -0.2) is 0 Å². The van der Waals surface area contributed by atoms with Crippen LogP contribution < -0.4 is 5.73 Å². The van der Waals surface area contributed by atoms with Gasteiger partial charge in [-0.1, -0.05) is 13.8 Å². The van der Waals surface area contributed by atoms with Crippen LogP contribution in [0.3, 0.4) is 0 Å². The van der Waals surface area contributed by atoms with E-state index >= 15 is 0 Å². The van der Waals surface area contributed by atoms with E-state index in [4.69, 9.17) is 5.73 Å². The Bertz CT molecular complexity index is 326. The van der Waals surface area contributed by atoms with E-state index in [0.29, 0.717) is 5.41 Å². The average molecular weight is 315 g/mol. The molecule has 2 heterocycles. The lowest BCUT2D eigenvalue weighted by Gasteiger charge is -2.57. The van der Waals surface area contributed by atoms with Gasteiger partial charge in [0.15, 0.2) is 0 Å². The molecule has 0 aromatic carbocycles. The fourth-order valence-corrected chi connectivity index (χ4v) is 5.55. The number of rotatable bonds is 5. The third kappa shape index (κ3) is 3.75. The van der Waals surface area contributed by atoms with E-state index in [0.717, 1.165) is 13.1 Å². The third-order valence-electron chi connectivity index (χ3n) is 5.65. The van der Waals surface area contributed by atoms with Crippen LogP contribution in [0.15, 0.2) is 0 Å². The molecule has 0 saturated carbocycles. The molecule has 1 atom stereocenters. The number of piperazine rings is 1. The topological polar surface area (TPSA) is 35.7 Å². The molecule has 2 N–H and O–H groups in total. The molecule has 0 bridgehead atoms. The van der Waals surface area contributed by atoms with Gasteiger partial charge < -0.3 is 10.6 Å². The minimum absolute atomic E-state index is 0.198. The first-order valence-corrected chi connectivity index (χ1v) is 9.47. The van der Waals surface area contributed by atoms with Crippen LogP contribution in [0.25, 0.3) is 0 Å². The summed E-state index contributed by atoms with van der Waals surface area (Å²) in [6.45, 7) is 12.7. The minimum Gasteiger partial charge on any atom is -0.329 e. The summed E-state index contributed by atoms with van der Waals surface area (Å²) in [4.78, 5) is 7.59. The standard InChI is InChI=1S/C16H34N4S/c1-15(2)5-12-21-14-16(15,13-17)20-10-8-19(9-11-20)7-6-18(3)4/h5-14,17H2,1-4H3. The fourth-order valence-electron chi connectivity index (χ4n) is 3.72. The lowest BCUT2D eigenvalue weighted by atomic mass is 9.69. The molecule has 1 unspecified atom stereocenters. The van der Waals surface area contributed by atoms with Crippen molar-refractivity contribution in [3.8, 4) is 0 Å². The summed E-state index contributed by atoms with van der Waals surface area (Å²) in [5.74, 6) is 2.49. The molecule has 0 aromatic heterocycles. The number of hydrogen-bond acceptors (Lipinski definition) is 5. The van der Waals surface area contributed by atoms with Gasteiger partial charge in [-0.2, -0.15) is 11.8 Å². The fraction of sp³-hybridized carbons (Fsp3) is 1.00. The van der Waals surface area contributed by atoms with Crippen molar-refractivity contribution in [3.63, 3.8) is 0 Å². The van der Waals surface area contributed by atoms with Crippen molar-refractivity contribution < 1.29 is 0 Å². The molecule has 0 aliphatic carbocycles. The Morgan fingerprint density at radius 2 is 1.81 bits per heavy atom. The Morgan fingerprint density at radius 3 is 2.33 bits per heavy atom. The first-order chi connectivity index (χ1) is 9.91. The minimum atomic E-state index is 0.198. The van der Waals surface area contributed by atoms with Gasteiger partial charge in [0, 0.05) is 57.1 Å². The molecule has 0 spiro atoms. The van der Waals surface area contributed by atoms with Crippen molar-refractivity contribution in [2.45, 2.75) is 25.8 Å². The van der Waals surface area contributed by atoms with Crippen LogP contribution in [0.2, 0.25) is 0 Å². The Labute approximate surface area is 135 Å². The van der Waals surface area contributed by atoms with Crippen LogP contribution in [-0.4, -0.2) is 91.7 Å². The zero-order chi connectivity index (χ0) is 15.5. The number of hydrogen-bond donors (Lipinski definition) is 1. The van der Waals surface area contributed by atoms with E-state index in [2.05, 4.69) is 54.4 Å². The summed E-state index contributed by atoms with van der Waals surface area (Å²) in [6, 6.07) is 0. The van der Waals surface area contributed by atoms with Gasteiger partial charge in [0.05, 0.1) is 0 Å². The highest BCUT2D eigenvalue weighted by atomic mass is 32.2. The molecule has 2 rings (SSSR count). The predicted octanol–water partition coefficient (Wildman–Crippen LogP) is 1.03. The summed E-state index contributed by atoms with van der Waals surface area (Å²) >= 11 is 2.10. The summed E-state index contributed by atoms with van der Waals surface area (Å²) in [5, 5.41) is 0. The number of thioether (sulfide) groups is 1. The molecule has 2 aliphatic heterocycles. The second kappa shape index (κ2) is 7.18. The van der Waals surface area contributed by atoms with Gasteiger partial charge in [0.2, 0.25) is 0 Å². The average Bonchev–Trinajstić information content (AvgIpc) is 2.46. The number of likely N-dealkylation sites (N-methyl/N-ethyl adjacent to an activating group) is 1. The van der Waals surface area contributed by atoms with Gasteiger partial charge >= 0.3 is 0 Å². The van der Waals surface area contributed by atoms with Crippen molar-refractivity contribution in [2.75, 3.05) is 71.4 Å². The van der Waals surface area contributed by atoms with Crippen molar-refractivity contribution in [1.82, 2.24) is 14.7 Å². The van der Waals surface area contributed by atoms with Crippen LogP contribution >= 0.6 is 11.8 Å². The molecule has 0 radical (unpaired) electrons. The van der Waals surface area contributed by atoms with Gasteiger partial charge in [-0.3, -0.25) is 9.80 Å². The van der Waals surface area contributed by atoms with E-state index in [1.54, 1.807) is 0 Å². The van der Waals surface area contributed by atoms with Crippen molar-refractivity contribution >= 4 is 11.8 Å². The smallest absolute Gasteiger partial charge is 0.0474 e. The molecule has 4 nitrogen and oxygen atoms in total. The quantitative estimate of drug-likeness (QED) is 0.820. The summed E-state index contributed by atoms with van der Waals surface area (Å²) < 4.78 is 0. The van der Waals surface area contributed by atoms with Crippen LogP contribution in [0.4, 0.5) is 0 Å². The highest BCUT2D eigenvalue weighted by Gasteiger charge is 2.50. The molecule has 2 aliphatic rings. The summed E-state index contributed by atoms with van der Waals surface area (Å²) in [5.41, 5.74) is 6.83. The van der Waals surface area contributed by atoms with Crippen LogP contribution in [0.5, 0.6) is 0 Å².